The fraction of sp³-hybridized carbons (Fsp3) is 0. The van der Waals surface area contributed by atoms with Gasteiger partial charge in [0.15, 0.2) is 6.61 Å². The third kappa shape index (κ3) is 3.34. The van der Waals surface area contributed by atoms with Gasteiger partial charge in [-0.2, -0.15) is 0 Å². The molecule has 1 aromatic carbocycles. The molecule has 0 N–H and O–H groups in total. The van der Waals surface area contributed by atoms with E-state index in [4.69, 9.17) is 9.47 Å². The summed E-state index contributed by atoms with van der Waals surface area (Å²) < 4.78 is 10.8. The lowest BCUT2D eigenvalue weighted by Crippen LogP contribution is -1.88. The Hall–Kier alpha value is -2.29. The van der Waals surface area contributed by atoms with E-state index in [1.165, 1.54) is 6.61 Å². The third-order valence-electron chi connectivity index (χ3n) is 1.98. The zero-order chi connectivity index (χ0) is 11.9. The second-order valence-corrected chi connectivity index (χ2v) is 3.23. The molecule has 2 aromatic rings. The van der Waals surface area contributed by atoms with Crippen molar-refractivity contribution in [3.05, 3.63) is 67.9 Å². The molecular formula is C14H12NO2. The van der Waals surface area contributed by atoms with Crippen LogP contribution in [-0.2, 0) is 0 Å². The molecule has 0 fully saturated rings. The first-order chi connectivity index (χ1) is 8.38. The normalized spacial score (nSPS) is 9.65. The van der Waals surface area contributed by atoms with Crippen LogP contribution in [0.25, 0.3) is 0 Å². The lowest BCUT2D eigenvalue weighted by atomic mass is 10.3. The van der Waals surface area contributed by atoms with Gasteiger partial charge in [0.1, 0.15) is 11.5 Å². The summed E-state index contributed by atoms with van der Waals surface area (Å²) in [7, 11) is 0. The van der Waals surface area contributed by atoms with Crippen molar-refractivity contribution in [2.24, 2.45) is 0 Å². The van der Waals surface area contributed by atoms with Gasteiger partial charge >= 0.3 is 0 Å². The van der Waals surface area contributed by atoms with E-state index in [-0.39, 0.29) is 0 Å². The van der Waals surface area contributed by atoms with Crippen LogP contribution < -0.4 is 9.47 Å². The minimum absolute atomic E-state index is 0.568. The van der Waals surface area contributed by atoms with Crippen molar-refractivity contribution in [3.63, 3.8) is 0 Å². The number of nitrogens with zero attached hydrogens (tertiary/aromatic N) is 1. The van der Waals surface area contributed by atoms with Crippen molar-refractivity contribution in [3.8, 4) is 17.4 Å². The topological polar surface area (TPSA) is 31.4 Å². The van der Waals surface area contributed by atoms with E-state index < -0.39 is 0 Å². The Balaban J connectivity index is 2.01. The molecule has 0 bridgehead atoms. The Bertz CT molecular complexity index is 465. The van der Waals surface area contributed by atoms with Crippen molar-refractivity contribution in [2.45, 2.75) is 0 Å². The summed E-state index contributed by atoms with van der Waals surface area (Å²) in [5, 5.41) is 0. The summed E-state index contributed by atoms with van der Waals surface area (Å²) in [4.78, 5) is 4.07. The van der Waals surface area contributed by atoms with Crippen LogP contribution in [0.1, 0.15) is 0 Å². The molecule has 2 rings (SSSR count). The Morgan fingerprint density at radius 2 is 1.76 bits per heavy atom. The van der Waals surface area contributed by atoms with E-state index in [0.717, 1.165) is 11.5 Å². The number of pyridine rings is 1. The molecule has 0 aliphatic carbocycles. The lowest BCUT2D eigenvalue weighted by molar-refractivity contribution is 0.430. The maximum Gasteiger partial charge on any atom is 0.219 e. The predicted octanol–water partition coefficient (Wildman–Crippen LogP) is 3.60. The SMILES string of the molecule is C=C[CH]Oc1ccc(Oc2ccccn2)cc1. The second kappa shape index (κ2) is 5.70. The first-order valence-corrected chi connectivity index (χ1v) is 5.18. The minimum atomic E-state index is 0.568. The maximum atomic E-state index is 5.54. The Labute approximate surface area is 100 Å². The molecule has 0 unspecified atom stereocenters. The maximum absolute atomic E-state index is 5.54. The molecule has 0 amide bonds. The quantitative estimate of drug-likeness (QED) is 0.780. The smallest absolute Gasteiger partial charge is 0.219 e. The molecule has 1 aromatic heterocycles. The Morgan fingerprint density at radius 3 is 2.41 bits per heavy atom. The summed E-state index contributed by atoms with van der Waals surface area (Å²) in [6, 6.07) is 12.8. The van der Waals surface area contributed by atoms with Crippen molar-refractivity contribution in [1.29, 1.82) is 0 Å². The van der Waals surface area contributed by atoms with Gasteiger partial charge in [0.25, 0.3) is 0 Å². The van der Waals surface area contributed by atoms with Crippen LogP contribution in [-0.4, -0.2) is 4.98 Å². The van der Waals surface area contributed by atoms with Crippen LogP contribution in [0.5, 0.6) is 17.4 Å². The van der Waals surface area contributed by atoms with E-state index in [1.807, 2.05) is 36.4 Å². The monoisotopic (exact) mass is 226 g/mol. The summed E-state index contributed by atoms with van der Waals surface area (Å²) in [5.41, 5.74) is 0. The summed E-state index contributed by atoms with van der Waals surface area (Å²) in [5.74, 6) is 2.02. The van der Waals surface area contributed by atoms with Crippen molar-refractivity contribution in [1.82, 2.24) is 4.98 Å². The molecule has 0 aliphatic heterocycles. The zero-order valence-electron chi connectivity index (χ0n) is 9.24. The highest BCUT2D eigenvalue weighted by molar-refractivity contribution is 5.33. The van der Waals surface area contributed by atoms with Crippen LogP contribution in [0, 0.1) is 6.61 Å². The molecule has 1 radical (unpaired) electrons. The first-order valence-electron chi connectivity index (χ1n) is 5.18. The van der Waals surface area contributed by atoms with Crippen molar-refractivity contribution >= 4 is 0 Å². The number of hydrogen-bond acceptors (Lipinski definition) is 3. The average Bonchev–Trinajstić information content (AvgIpc) is 2.39. The first kappa shape index (κ1) is 11.2. The highest BCUT2D eigenvalue weighted by atomic mass is 16.5. The molecule has 0 saturated carbocycles. The van der Waals surface area contributed by atoms with E-state index in [0.29, 0.717) is 5.88 Å². The summed E-state index contributed by atoms with van der Waals surface area (Å²) >= 11 is 0. The molecule has 17 heavy (non-hydrogen) atoms. The van der Waals surface area contributed by atoms with Crippen LogP contribution in [0.3, 0.4) is 0 Å². The lowest BCUT2D eigenvalue weighted by Gasteiger charge is -2.05. The van der Waals surface area contributed by atoms with E-state index in [2.05, 4.69) is 11.6 Å². The highest BCUT2D eigenvalue weighted by Crippen LogP contribution is 2.22. The molecule has 0 saturated heterocycles. The summed E-state index contributed by atoms with van der Waals surface area (Å²) in [6.07, 6.45) is 3.27. The Kier molecular flexibility index (Phi) is 3.76. The average molecular weight is 226 g/mol. The molecule has 0 atom stereocenters. The number of aromatic nitrogens is 1. The van der Waals surface area contributed by atoms with E-state index in [9.17, 15) is 0 Å². The van der Waals surface area contributed by atoms with E-state index in [1.54, 1.807) is 18.3 Å². The van der Waals surface area contributed by atoms with Gasteiger partial charge in [-0.25, -0.2) is 4.98 Å². The van der Waals surface area contributed by atoms with Gasteiger partial charge in [-0.3, -0.25) is 0 Å². The second-order valence-electron chi connectivity index (χ2n) is 3.23. The standard InChI is InChI=1S/C14H12NO2/c1-2-11-16-12-6-8-13(9-7-12)17-14-5-3-4-10-15-14/h2-11H,1H2. The van der Waals surface area contributed by atoms with E-state index >= 15 is 0 Å². The van der Waals surface area contributed by atoms with Gasteiger partial charge < -0.3 is 9.47 Å². The summed E-state index contributed by atoms with van der Waals surface area (Å²) in [6.45, 7) is 5.06. The van der Waals surface area contributed by atoms with Gasteiger partial charge in [-0.15, -0.1) is 0 Å². The highest BCUT2D eigenvalue weighted by Gasteiger charge is 1.98. The fourth-order valence-electron chi connectivity index (χ4n) is 1.24. The molecule has 0 aliphatic rings. The Morgan fingerprint density at radius 1 is 1.00 bits per heavy atom. The third-order valence-corrected chi connectivity index (χ3v) is 1.98. The van der Waals surface area contributed by atoms with Gasteiger partial charge in [0, 0.05) is 12.3 Å². The number of hydrogen-bond donors (Lipinski definition) is 0. The molecule has 0 spiro atoms. The van der Waals surface area contributed by atoms with Crippen molar-refractivity contribution < 1.29 is 9.47 Å². The van der Waals surface area contributed by atoms with Gasteiger partial charge in [0.2, 0.25) is 5.88 Å². The zero-order valence-corrected chi connectivity index (χ0v) is 9.24. The van der Waals surface area contributed by atoms with Crippen LogP contribution in [0.15, 0.2) is 61.3 Å². The van der Waals surface area contributed by atoms with Gasteiger partial charge in [-0.1, -0.05) is 12.6 Å². The van der Waals surface area contributed by atoms with Crippen LogP contribution >= 0.6 is 0 Å². The molecule has 3 nitrogen and oxygen atoms in total. The van der Waals surface area contributed by atoms with Crippen LogP contribution in [0.4, 0.5) is 0 Å². The molecule has 3 heteroatoms. The molecule has 1 heterocycles. The fourth-order valence-corrected chi connectivity index (χ4v) is 1.24. The number of benzene rings is 1. The largest absolute Gasteiger partial charge is 0.482 e. The van der Waals surface area contributed by atoms with Crippen molar-refractivity contribution in [2.75, 3.05) is 0 Å². The molecular weight excluding hydrogens is 214 g/mol. The van der Waals surface area contributed by atoms with Gasteiger partial charge in [-0.05, 0) is 36.4 Å². The number of ether oxygens (including phenoxy) is 2. The van der Waals surface area contributed by atoms with Gasteiger partial charge in [0.05, 0.1) is 0 Å². The molecule has 85 valence electrons. The number of rotatable bonds is 5. The van der Waals surface area contributed by atoms with Crippen LogP contribution in [0.2, 0.25) is 0 Å². The predicted molar refractivity (Wildman–Crippen MR) is 65.9 cm³/mol. The minimum Gasteiger partial charge on any atom is -0.482 e.